The maximum Gasteiger partial charge on any atom is 0.325 e. The van der Waals surface area contributed by atoms with E-state index < -0.39 is 29.8 Å². The minimum atomic E-state index is -1.18. The molecule has 1 unspecified atom stereocenters. The van der Waals surface area contributed by atoms with Gasteiger partial charge in [0.15, 0.2) is 0 Å². The van der Waals surface area contributed by atoms with Crippen LogP contribution in [0.25, 0.3) is 0 Å². The van der Waals surface area contributed by atoms with Crippen molar-refractivity contribution in [3.05, 3.63) is 54.4 Å². The molecule has 32 heavy (non-hydrogen) atoms. The van der Waals surface area contributed by atoms with E-state index in [0.717, 1.165) is 4.90 Å². The molecule has 2 aromatic rings. The maximum absolute atomic E-state index is 13.1. The molecule has 3 N–H and O–H groups in total. The van der Waals surface area contributed by atoms with Crippen LogP contribution in [0.2, 0.25) is 0 Å². The van der Waals surface area contributed by atoms with Gasteiger partial charge in [0.2, 0.25) is 6.41 Å². The van der Waals surface area contributed by atoms with Crippen molar-refractivity contribution in [2.45, 2.75) is 13.0 Å². The Morgan fingerprint density at radius 2 is 1.84 bits per heavy atom. The molecule has 0 spiro atoms. The van der Waals surface area contributed by atoms with Gasteiger partial charge in [-0.1, -0.05) is 30.3 Å². The highest BCUT2D eigenvalue weighted by molar-refractivity contribution is 6.38. The number of imide groups is 1. The third-order valence-electron chi connectivity index (χ3n) is 4.89. The summed E-state index contributed by atoms with van der Waals surface area (Å²) in [5.41, 5.74) is 0.999. The predicted octanol–water partition coefficient (Wildman–Crippen LogP) is 0.730. The summed E-state index contributed by atoms with van der Waals surface area (Å²) in [6.07, 6.45) is 3.25. The number of pyridine rings is 1. The average Bonchev–Trinajstić information content (AvgIpc) is 2.81. The molecular weight excluding hydrogens is 416 g/mol. The van der Waals surface area contributed by atoms with Crippen LogP contribution in [0.5, 0.6) is 0 Å². The Balaban J connectivity index is 1.82. The van der Waals surface area contributed by atoms with E-state index in [1.807, 2.05) is 0 Å². The molecule has 3 rings (SSSR count). The van der Waals surface area contributed by atoms with Crippen LogP contribution < -0.4 is 16.0 Å². The fourth-order valence-electron chi connectivity index (χ4n) is 3.21. The third-order valence-corrected chi connectivity index (χ3v) is 4.89. The Labute approximate surface area is 183 Å². The number of urea groups is 1. The highest BCUT2D eigenvalue weighted by atomic mass is 16.2. The van der Waals surface area contributed by atoms with Gasteiger partial charge in [0.25, 0.3) is 5.91 Å². The summed E-state index contributed by atoms with van der Waals surface area (Å²) in [6.45, 7) is 2.33. The molecule has 11 heteroatoms. The number of anilines is 2. The van der Waals surface area contributed by atoms with Crippen molar-refractivity contribution in [1.82, 2.24) is 20.1 Å². The van der Waals surface area contributed by atoms with Crippen molar-refractivity contribution >= 4 is 41.5 Å². The number of carbonyl (C=O) groups excluding carboxylic acids is 5. The van der Waals surface area contributed by atoms with E-state index in [0.29, 0.717) is 24.2 Å². The zero-order valence-corrected chi connectivity index (χ0v) is 17.3. The first kappa shape index (κ1) is 22.4. The highest BCUT2D eigenvalue weighted by Gasteiger charge is 2.37. The summed E-state index contributed by atoms with van der Waals surface area (Å²) in [4.78, 5) is 67.3. The molecule has 1 atom stereocenters. The molecule has 1 aromatic heterocycles. The second-order valence-corrected chi connectivity index (χ2v) is 6.81. The molecule has 0 aliphatic carbocycles. The average molecular weight is 438 g/mol. The van der Waals surface area contributed by atoms with Gasteiger partial charge in [-0.05, 0) is 18.6 Å². The van der Waals surface area contributed by atoms with Crippen molar-refractivity contribution < 1.29 is 24.0 Å². The molecular formula is C21H22N6O5. The minimum Gasteiger partial charge on any atom is -0.333 e. The summed E-state index contributed by atoms with van der Waals surface area (Å²) in [5, 5.41) is 7.61. The van der Waals surface area contributed by atoms with Crippen LogP contribution in [0.15, 0.2) is 48.8 Å². The molecule has 6 amide bonds. The Morgan fingerprint density at radius 3 is 2.53 bits per heavy atom. The number of benzene rings is 1. The smallest absolute Gasteiger partial charge is 0.325 e. The number of carbonyl (C=O) groups is 5. The van der Waals surface area contributed by atoms with E-state index in [-0.39, 0.29) is 18.8 Å². The number of likely N-dealkylation sites (N-methyl/N-ethyl adjacent to an activating group) is 1. The van der Waals surface area contributed by atoms with E-state index in [2.05, 4.69) is 20.9 Å². The summed E-state index contributed by atoms with van der Waals surface area (Å²) in [6, 6.07) is 7.87. The first-order chi connectivity index (χ1) is 15.5. The number of hydrogen-bond acceptors (Lipinski definition) is 6. The van der Waals surface area contributed by atoms with Gasteiger partial charge in [0.1, 0.15) is 6.04 Å². The lowest BCUT2D eigenvalue weighted by atomic mass is 10.1. The fourth-order valence-corrected chi connectivity index (χ4v) is 3.21. The minimum absolute atomic E-state index is 0.0172. The lowest BCUT2D eigenvalue weighted by molar-refractivity contribution is -0.153. The Kier molecular flexibility index (Phi) is 7.11. The van der Waals surface area contributed by atoms with Crippen LogP contribution >= 0.6 is 0 Å². The molecule has 1 saturated heterocycles. The fraction of sp³-hybridized carbons (Fsp3) is 0.238. The van der Waals surface area contributed by atoms with Gasteiger partial charge in [0, 0.05) is 25.8 Å². The molecule has 1 aromatic carbocycles. The van der Waals surface area contributed by atoms with Gasteiger partial charge < -0.3 is 20.9 Å². The molecule has 166 valence electrons. The van der Waals surface area contributed by atoms with Crippen LogP contribution in [0, 0.1) is 0 Å². The van der Waals surface area contributed by atoms with E-state index in [1.165, 1.54) is 23.4 Å². The molecule has 1 aliphatic heterocycles. The van der Waals surface area contributed by atoms with Crippen LogP contribution in [0.1, 0.15) is 18.5 Å². The number of nitrogens with one attached hydrogen (secondary N) is 3. The second kappa shape index (κ2) is 10.2. The molecule has 11 nitrogen and oxygen atoms in total. The molecule has 1 aliphatic rings. The quantitative estimate of drug-likeness (QED) is 0.430. The van der Waals surface area contributed by atoms with Gasteiger partial charge >= 0.3 is 17.8 Å². The Bertz CT molecular complexity index is 1030. The highest BCUT2D eigenvalue weighted by Crippen LogP contribution is 2.22. The van der Waals surface area contributed by atoms with E-state index >= 15 is 0 Å². The second-order valence-electron chi connectivity index (χ2n) is 6.81. The standard InChI is InChI=1S/C21H22N6O5/c1-2-26-10-11-27(20(31)19(26)30)21(32)25-17(14-6-4-3-5-7-14)18(29)24-16-12-22-9-8-15(16)23-13-28/h3-9,12-13,17H,2,10-11H2,1H3,(H,24,29)(H,25,32)(H,22,23,28). The number of aromatic nitrogens is 1. The number of amides is 6. The summed E-state index contributed by atoms with van der Waals surface area (Å²) < 4.78 is 0. The number of nitrogens with zero attached hydrogens (tertiary/aromatic N) is 3. The summed E-state index contributed by atoms with van der Waals surface area (Å²) in [5.74, 6) is -2.35. The normalized spacial score (nSPS) is 14.5. The molecule has 0 bridgehead atoms. The number of hydrogen-bond donors (Lipinski definition) is 3. The number of rotatable bonds is 7. The SMILES string of the molecule is CCN1CCN(C(=O)NC(C(=O)Nc2cnccc2NC=O)c2ccccc2)C(=O)C1=O. The van der Waals surface area contributed by atoms with Gasteiger partial charge in [-0.3, -0.25) is 29.1 Å². The predicted molar refractivity (Wildman–Crippen MR) is 114 cm³/mol. The zero-order chi connectivity index (χ0) is 23.1. The Hall–Kier alpha value is -4.28. The van der Waals surface area contributed by atoms with E-state index in [1.54, 1.807) is 37.3 Å². The molecule has 1 fully saturated rings. The third kappa shape index (κ3) is 4.89. The largest absolute Gasteiger partial charge is 0.333 e. The number of piperazine rings is 1. The van der Waals surface area contributed by atoms with Crippen LogP contribution in [0.3, 0.4) is 0 Å². The van der Waals surface area contributed by atoms with Crippen LogP contribution in [-0.2, 0) is 19.2 Å². The van der Waals surface area contributed by atoms with Gasteiger partial charge in [-0.2, -0.15) is 0 Å². The monoisotopic (exact) mass is 438 g/mol. The van der Waals surface area contributed by atoms with Crippen molar-refractivity contribution in [2.24, 2.45) is 0 Å². The Morgan fingerprint density at radius 1 is 1.09 bits per heavy atom. The van der Waals surface area contributed by atoms with Crippen molar-refractivity contribution in [2.75, 3.05) is 30.3 Å². The van der Waals surface area contributed by atoms with Crippen molar-refractivity contribution in [3.63, 3.8) is 0 Å². The van der Waals surface area contributed by atoms with Gasteiger partial charge in [-0.25, -0.2) is 4.79 Å². The molecule has 0 radical (unpaired) electrons. The first-order valence-electron chi connectivity index (χ1n) is 9.87. The molecule has 0 saturated carbocycles. The lowest BCUT2D eigenvalue weighted by Gasteiger charge is -2.32. The van der Waals surface area contributed by atoms with Crippen molar-refractivity contribution in [3.8, 4) is 0 Å². The van der Waals surface area contributed by atoms with E-state index in [4.69, 9.17) is 0 Å². The summed E-state index contributed by atoms with van der Waals surface area (Å²) in [7, 11) is 0. The zero-order valence-electron chi connectivity index (χ0n) is 17.3. The van der Waals surface area contributed by atoms with Gasteiger partial charge in [0.05, 0.1) is 17.6 Å². The van der Waals surface area contributed by atoms with Crippen LogP contribution in [-0.4, -0.2) is 64.6 Å². The lowest BCUT2D eigenvalue weighted by Crippen LogP contribution is -2.58. The van der Waals surface area contributed by atoms with E-state index in [9.17, 15) is 24.0 Å². The first-order valence-corrected chi connectivity index (χ1v) is 9.87. The topological polar surface area (TPSA) is 141 Å². The summed E-state index contributed by atoms with van der Waals surface area (Å²) >= 11 is 0. The van der Waals surface area contributed by atoms with Crippen molar-refractivity contribution in [1.29, 1.82) is 0 Å². The van der Waals surface area contributed by atoms with Gasteiger partial charge in [-0.15, -0.1) is 0 Å². The molecule has 2 heterocycles. The maximum atomic E-state index is 13.1. The van der Waals surface area contributed by atoms with Crippen LogP contribution in [0.4, 0.5) is 16.2 Å².